The number of fused-ring (bicyclic) bond motifs is 1. The molecule has 1 aliphatic heterocycles. The molecule has 32 heavy (non-hydrogen) atoms. The zero-order valence-corrected chi connectivity index (χ0v) is 17.7. The number of H-pyrrole nitrogens is 1. The molecule has 3 aromatic heterocycles. The molecular weight excluding hydrogens is 408 g/mol. The molecule has 0 radical (unpaired) electrons. The fourth-order valence-electron chi connectivity index (χ4n) is 3.73. The number of pyridine rings is 1. The van der Waals surface area contributed by atoms with Gasteiger partial charge in [-0.25, -0.2) is 19.7 Å². The Kier molecular flexibility index (Phi) is 5.32. The van der Waals surface area contributed by atoms with Crippen molar-refractivity contribution in [2.45, 2.75) is 26.3 Å². The second kappa shape index (κ2) is 8.43. The minimum Gasteiger partial charge on any atom is -0.439 e. The zero-order chi connectivity index (χ0) is 22.1. The quantitative estimate of drug-likeness (QED) is 0.461. The summed E-state index contributed by atoms with van der Waals surface area (Å²) in [7, 11) is 0. The van der Waals surface area contributed by atoms with E-state index in [2.05, 4.69) is 32.1 Å². The third-order valence-electron chi connectivity index (χ3n) is 5.59. The Morgan fingerprint density at radius 1 is 1.16 bits per heavy atom. The van der Waals surface area contributed by atoms with Gasteiger partial charge in [-0.1, -0.05) is 18.2 Å². The first-order valence-corrected chi connectivity index (χ1v) is 10.6. The molecule has 0 amide bonds. The number of ether oxygens (including phenoxy) is 2. The molecule has 0 atom stereocenters. The summed E-state index contributed by atoms with van der Waals surface area (Å²) in [4.78, 5) is 27.9. The highest BCUT2D eigenvalue weighted by molar-refractivity contribution is 5.81. The van der Waals surface area contributed by atoms with Crippen LogP contribution in [0, 0.1) is 12.8 Å². The lowest BCUT2D eigenvalue weighted by Crippen LogP contribution is -2.27. The van der Waals surface area contributed by atoms with Gasteiger partial charge in [-0.3, -0.25) is 4.57 Å². The number of aromatic amines is 1. The van der Waals surface area contributed by atoms with Gasteiger partial charge in [-0.2, -0.15) is 0 Å². The van der Waals surface area contributed by atoms with Gasteiger partial charge in [0.25, 0.3) is 0 Å². The number of hydrogen-bond donors (Lipinski definition) is 2. The highest BCUT2D eigenvalue weighted by Crippen LogP contribution is 2.23. The number of aromatic nitrogens is 5. The Labute approximate surface area is 184 Å². The van der Waals surface area contributed by atoms with E-state index in [0.29, 0.717) is 35.3 Å². The first-order chi connectivity index (χ1) is 15.5. The Hall–Kier alpha value is -3.72. The van der Waals surface area contributed by atoms with Crippen LogP contribution >= 0.6 is 0 Å². The predicted molar refractivity (Wildman–Crippen MR) is 120 cm³/mol. The van der Waals surface area contributed by atoms with Gasteiger partial charge in [0.15, 0.2) is 11.5 Å². The van der Waals surface area contributed by atoms with E-state index in [4.69, 9.17) is 15.2 Å². The van der Waals surface area contributed by atoms with Crippen LogP contribution in [0.4, 0.5) is 5.82 Å². The van der Waals surface area contributed by atoms with Crippen molar-refractivity contribution < 1.29 is 9.47 Å². The molecule has 1 aromatic carbocycles. The predicted octanol–water partition coefficient (Wildman–Crippen LogP) is 2.82. The summed E-state index contributed by atoms with van der Waals surface area (Å²) in [6.45, 7) is 3.82. The van der Waals surface area contributed by atoms with Gasteiger partial charge in [-0.15, -0.1) is 0 Å². The van der Waals surface area contributed by atoms with Gasteiger partial charge in [0.2, 0.25) is 5.88 Å². The number of nitrogen functional groups attached to an aromatic ring is 1. The number of nitrogens with one attached hydrogen (secondary N) is 1. The van der Waals surface area contributed by atoms with Crippen molar-refractivity contribution in [3.05, 3.63) is 70.0 Å². The van der Waals surface area contributed by atoms with Crippen LogP contribution in [0.5, 0.6) is 11.6 Å². The van der Waals surface area contributed by atoms with Gasteiger partial charge >= 0.3 is 5.69 Å². The van der Waals surface area contributed by atoms with Gasteiger partial charge in [0.05, 0.1) is 19.8 Å². The minimum atomic E-state index is -0.295. The van der Waals surface area contributed by atoms with Crippen LogP contribution in [0.2, 0.25) is 0 Å². The maximum absolute atomic E-state index is 12.4. The number of anilines is 1. The van der Waals surface area contributed by atoms with Crippen LogP contribution in [0.1, 0.15) is 23.4 Å². The van der Waals surface area contributed by atoms with Crippen molar-refractivity contribution in [2.24, 2.45) is 5.92 Å². The number of rotatable bonds is 7. The molecule has 0 bridgehead atoms. The standard InChI is InChI=1S/C23H24N6O3/c1-14-26-21(24)20-22(27-14)29(23(30)28-20)11-16-6-9-19(25-10-16)32-18-7-4-15(5-8-18)2-3-17-12-31-13-17/h4-10,17H,2-3,11-13H2,1H3,(H,28,30)(H2,24,26,27). The summed E-state index contributed by atoms with van der Waals surface area (Å²) in [5.41, 5.74) is 8.66. The van der Waals surface area contributed by atoms with E-state index in [1.54, 1.807) is 19.2 Å². The summed E-state index contributed by atoms with van der Waals surface area (Å²) in [5, 5.41) is 0. The van der Waals surface area contributed by atoms with E-state index in [-0.39, 0.29) is 11.5 Å². The second-order valence-corrected chi connectivity index (χ2v) is 8.06. The molecule has 0 saturated carbocycles. The molecule has 1 aliphatic rings. The molecule has 0 aliphatic carbocycles. The van der Waals surface area contributed by atoms with E-state index >= 15 is 0 Å². The van der Waals surface area contributed by atoms with E-state index in [0.717, 1.165) is 37.4 Å². The lowest BCUT2D eigenvalue weighted by Gasteiger charge is -2.25. The van der Waals surface area contributed by atoms with Crippen LogP contribution in [0.25, 0.3) is 11.2 Å². The topological polar surface area (TPSA) is 121 Å². The van der Waals surface area contributed by atoms with E-state index < -0.39 is 0 Å². The Morgan fingerprint density at radius 2 is 1.94 bits per heavy atom. The summed E-state index contributed by atoms with van der Waals surface area (Å²) in [6, 6.07) is 11.7. The molecule has 9 nitrogen and oxygen atoms in total. The number of hydrogen-bond acceptors (Lipinski definition) is 7. The smallest absolute Gasteiger partial charge is 0.328 e. The van der Waals surface area contributed by atoms with Crippen LogP contribution in [0.15, 0.2) is 47.4 Å². The Bertz CT molecular complexity index is 1290. The summed E-state index contributed by atoms with van der Waals surface area (Å²) in [5.74, 6) is 2.68. The molecule has 5 rings (SSSR count). The maximum atomic E-state index is 12.4. The Morgan fingerprint density at radius 3 is 2.62 bits per heavy atom. The molecule has 3 N–H and O–H groups in total. The average Bonchev–Trinajstić information content (AvgIpc) is 3.05. The number of nitrogens with zero attached hydrogens (tertiary/aromatic N) is 4. The molecule has 164 valence electrons. The minimum absolute atomic E-state index is 0.258. The average molecular weight is 432 g/mol. The highest BCUT2D eigenvalue weighted by Gasteiger charge is 2.17. The fraction of sp³-hybridized carbons (Fsp3) is 0.304. The molecule has 4 aromatic rings. The molecule has 1 saturated heterocycles. The number of imidazole rings is 1. The summed E-state index contributed by atoms with van der Waals surface area (Å²) < 4.78 is 12.6. The third-order valence-corrected chi connectivity index (χ3v) is 5.59. The van der Waals surface area contributed by atoms with Crippen LogP contribution < -0.4 is 16.2 Å². The largest absolute Gasteiger partial charge is 0.439 e. The monoisotopic (exact) mass is 432 g/mol. The molecule has 9 heteroatoms. The normalized spacial score (nSPS) is 13.9. The van der Waals surface area contributed by atoms with Crippen molar-refractivity contribution in [1.82, 2.24) is 24.5 Å². The van der Waals surface area contributed by atoms with Crippen molar-refractivity contribution in [1.29, 1.82) is 0 Å². The number of benzene rings is 1. The Balaban J connectivity index is 1.25. The van der Waals surface area contributed by atoms with Crippen molar-refractivity contribution in [2.75, 3.05) is 18.9 Å². The lowest BCUT2D eigenvalue weighted by atomic mass is 9.98. The fourth-order valence-corrected chi connectivity index (χ4v) is 3.73. The van der Waals surface area contributed by atoms with Crippen LogP contribution in [-0.2, 0) is 17.7 Å². The first kappa shape index (κ1) is 20.2. The van der Waals surface area contributed by atoms with E-state index in [9.17, 15) is 4.79 Å². The molecular formula is C23H24N6O3. The second-order valence-electron chi connectivity index (χ2n) is 8.06. The maximum Gasteiger partial charge on any atom is 0.328 e. The van der Waals surface area contributed by atoms with Crippen LogP contribution in [0.3, 0.4) is 0 Å². The lowest BCUT2D eigenvalue weighted by molar-refractivity contribution is -0.0352. The van der Waals surface area contributed by atoms with Gasteiger partial charge in [0, 0.05) is 18.2 Å². The van der Waals surface area contributed by atoms with Gasteiger partial charge < -0.3 is 20.2 Å². The zero-order valence-electron chi connectivity index (χ0n) is 17.7. The van der Waals surface area contributed by atoms with Crippen LogP contribution in [-0.4, -0.2) is 37.7 Å². The van der Waals surface area contributed by atoms with Crippen molar-refractivity contribution in [3.8, 4) is 11.6 Å². The first-order valence-electron chi connectivity index (χ1n) is 10.6. The number of nitrogens with two attached hydrogens (primary N) is 1. The molecule has 4 heterocycles. The SMILES string of the molecule is Cc1nc(N)c2[nH]c(=O)n(Cc3ccc(Oc4ccc(CCC5COC5)cc4)nc3)c2n1. The van der Waals surface area contributed by atoms with E-state index in [1.165, 1.54) is 10.1 Å². The molecule has 0 unspecified atom stereocenters. The third kappa shape index (κ3) is 4.19. The van der Waals surface area contributed by atoms with Crippen molar-refractivity contribution in [3.63, 3.8) is 0 Å². The summed E-state index contributed by atoms with van der Waals surface area (Å²) >= 11 is 0. The van der Waals surface area contributed by atoms with Gasteiger partial charge in [0.1, 0.15) is 17.1 Å². The van der Waals surface area contributed by atoms with Gasteiger partial charge in [-0.05, 0) is 43.0 Å². The van der Waals surface area contributed by atoms with E-state index in [1.807, 2.05) is 18.2 Å². The number of aryl methyl sites for hydroxylation is 2. The highest BCUT2D eigenvalue weighted by atomic mass is 16.5. The van der Waals surface area contributed by atoms with Crippen molar-refractivity contribution >= 4 is 17.0 Å². The molecule has 0 spiro atoms. The summed E-state index contributed by atoms with van der Waals surface area (Å²) in [6.07, 6.45) is 3.89. The molecule has 1 fully saturated rings.